The van der Waals surface area contributed by atoms with Crippen molar-refractivity contribution < 1.29 is 0 Å². The second-order valence-corrected chi connectivity index (χ2v) is 4.41. The van der Waals surface area contributed by atoms with Gasteiger partial charge in [-0.1, -0.05) is 28.1 Å². The molecule has 0 saturated heterocycles. The van der Waals surface area contributed by atoms with Crippen LogP contribution in [0.1, 0.15) is 18.5 Å². The predicted molar refractivity (Wildman–Crippen MR) is 68.2 cm³/mol. The van der Waals surface area contributed by atoms with Gasteiger partial charge in [0.1, 0.15) is 0 Å². The smallest absolute Gasteiger partial charge is 0.223 e. The number of aromatic nitrogens is 2. The standard InChI is InChI=1S/C12H12BrN3/c1-9(10-3-5-11(13)6-4-10)16-12-14-7-2-8-15-12/h2-9H,1H3,(H,14,15,16). The maximum atomic E-state index is 4.13. The third kappa shape index (κ3) is 2.79. The lowest BCUT2D eigenvalue weighted by Crippen LogP contribution is -2.08. The average Bonchev–Trinajstić information content (AvgIpc) is 2.31. The van der Waals surface area contributed by atoms with Crippen LogP contribution < -0.4 is 5.32 Å². The molecule has 2 aromatic rings. The van der Waals surface area contributed by atoms with Crippen LogP contribution >= 0.6 is 15.9 Å². The van der Waals surface area contributed by atoms with Crippen molar-refractivity contribution in [3.8, 4) is 0 Å². The van der Waals surface area contributed by atoms with Gasteiger partial charge in [-0.2, -0.15) is 0 Å². The second-order valence-electron chi connectivity index (χ2n) is 3.49. The summed E-state index contributed by atoms with van der Waals surface area (Å²) in [5.74, 6) is 0.651. The molecule has 0 saturated carbocycles. The van der Waals surface area contributed by atoms with Crippen LogP contribution in [-0.2, 0) is 0 Å². The molecule has 1 unspecified atom stereocenters. The Kier molecular flexibility index (Phi) is 3.51. The maximum absolute atomic E-state index is 4.13. The lowest BCUT2D eigenvalue weighted by Gasteiger charge is -2.13. The molecule has 1 N–H and O–H groups in total. The number of halogens is 1. The lowest BCUT2D eigenvalue weighted by molar-refractivity contribution is 0.860. The summed E-state index contributed by atoms with van der Waals surface area (Å²) in [6.45, 7) is 2.08. The summed E-state index contributed by atoms with van der Waals surface area (Å²) in [7, 11) is 0. The van der Waals surface area contributed by atoms with Crippen molar-refractivity contribution in [3.63, 3.8) is 0 Å². The Hall–Kier alpha value is -1.42. The third-order valence-corrected chi connectivity index (χ3v) is 2.81. The first-order valence-electron chi connectivity index (χ1n) is 5.05. The number of nitrogens with zero attached hydrogens (tertiary/aromatic N) is 2. The molecule has 0 aliphatic carbocycles. The molecule has 2 rings (SSSR count). The topological polar surface area (TPSA) is 37.8 Å². The maximum Gasteiger partial charge on any atom is 0.223 e. The number of benzene rings is 1. The summed E-state index contributed by atoms with van der Waals surface area (Å²) >= 11 is 3.42. The second kappa shape index (κ2) is 5.07. The Labute approximate surface area is 103 Å². The zero-order chi connectivity index (χ0) is 11.4. The number of nitrogens with one attached hydrogen (secondary N) is 1. The highest BCUT2D eigenvalue weighted by molar-refractivity contribution is 9.10. The number of hydrogen-bond donors (Lipinski definition) is 1. The van der Waals surface area contributed by atoms with Gasteiger partial charge in [-0.05, 0) is 30.7 Å². The van der Waals surface area contributed by atoms with Crippen molar-refractivity contribution in [2.24, 2.45) is 0 Å². The van der Waals surface area contributed by atoms with E-state index in [1.54, 1.807) is 18.5 Å². The summed E-state index contributed by atoms with van der Waals surface area (Å²) in [4.78, 5) is 8.26. The molecule has 0 amide bonds. The van der Waals surface area contributed by atoms with E-state index in [1.165, 1.54) is 5.56 Å². The van der Waals surface area contributed by atoms with Crippen molar-refractivity contribution in [1.29, 1.82) is 0 Å². The molecule has 82 valence electrons. The van der Waals surface area contributed by atoms with Gasteiger partial charge in [0.25, 0.3) is 0 Å². The summed E-state index contributed by atoms with van der Waals surface area (Å²) in [5.41, 5.74) is 1.20. The van der Waals surface area contributed by atoms with Crippen LogP contribution in [0.25, 0.3) is 0 Å². The molecule has 16 heavy (non-hydrogen) atoms. The van der Waals surface area contributed by atoms with Crippen LogP contribution in [-0.4, -0.2) is 9.97 Å². The van der Waals surface area contributed by atoms with Gasteiger partial charge in [0.15, 0.2) is 0 Å². The van der Waals surface area contributed by atoms with E-state index in [4.69, 9.17) is 0 Å². The monoisotopic (exact) mass is 277 g/mol. The lowest BCUT2D eigenvalue weighted by atomic mass is 10.1. The molecule has 0 radical (unpaired) electrons. The Bertz CT molecular complexity index is 442. The Morgan fingerprint density at radius 3 is 2.38 bits per heavy atom. The minimum Gasteiger partial charge on any atom is -0.348 e. The molecule has 0 bridgehead atoms. The first kappa shape index (κ1) is 11.1. The van der Waals surface area contributed by atoms with E-state index < -0.39 is 0 Å². The van der Waals surface area contributed by atoms with Gasteiger partial charge in [-0.3, -0.25) is 0 Å². The van der Waals surface area contributed by atoms with E-state index in [-0.39, 0.29) is 6.04 Å². The Balaban J connectivity index is 2.09. The fourth-order valence-corrected chi connectivity index (χ4v) is 1.67. The van der Waals surface area contributed by atoms with E-state index in [2.05, 4.69) is 50.3 Å². The van der Waals surface area contributed by atoms with Gasteiger partial charge >= 0.3 is 0 Å². The molecule has 1 heterocycles. The first-order valence-corrected chi connectivity index (χ1v) is 5.84. The van der Waals surface area contributed by atoms with E-state index >= 15 is 0 Å². The van der Waals surface area contributed by atoms with Crippen LogP contribution in [0.4, 0.5) is 5.95 Å². The molecule has 4 heteroatoms. The Morgan fingerprint density at radius 2 is 1.75 bits per heavy atom. The fraction of sp³-hybridized carbons (Fsp3) is 0.167. The highest BCUT2D eigenvalue weighted by atomic mass is 79.9. The van der Waals surface area contributed by atoms with Crippen molar-refractivity contribution in [2.45, 2.75) is 13.0 Å². The number of rotatable bonds is 3. The predicted octanol–water partition coefficient (Wildman–Crippen LogP) is 3.41. The summed E-state index contributed by atoms with van der Waals surface area (Å²) < 4.78 is 1.08. The van der Waals surface area contributed by atoms with E-state index in [0.29, 0.717) is 5.95 Å². The van der Waals surface area contributed by atoms with Crippen LogP contribution in [0.15, 0.2) is 47.2 Å². The van der Waals surface area contributed by atoms with Crippen LogP contribution in [0.2, 0.25) is 0 Å². The molecular weight excluding hydrogens is 266 g/mol. The summed E-state index contributed by atoms with van der Waals surface area (Å²) in [6.07, 6.45) is 3.45. The fourth-order valence-electron chi connectivity index (χ4n) is 1.40. The van der Waals surface area contributed by atoms with Gasteiger partial charge in [0, 0.05) is 16.9 Å². The van der Waals surface area contributed by atoms with Crippen LogP contribution in [0.3, 0.4) is 0 Å². The van der Waals surface area contributed by atoms with Gasteiger partial charge in [0.05, 0.1) is 6.04 Å². The van der Waals surface area contributed by atoms with E-state index in [9.17, 15) is 0 Å². The van der Waals surface area contributed by atoms with Crippen molar-refractivity contribution in [1.82, 2.24) is 9.97 Å². The largest absolute Gasteiger partial charge is 0.348 e. The van der Waals surface area contributed by atoms with E-state index in [0.717, 1.165) is 4.47 Å². The van der Waals surface area contributed by atoms with Crippen molar-refractivity contribution >= 4 is 21.9 Å². The molecule has 1 atom stereocenters. The molecule has 0 spiro atoms. The van der Waals surface area contributed by atoms with Gasteiger partial charge in [-0.15, -0.1) is 0 Å². The highest BCUT2D eigenvalue weighted by Crippen LogP contribution is 2.18. The molecule has 3 nitrogen and oxygen atoms in total. The van der Waals surface area contributed by atoms with Crippen molar-refractivity contribution in [2.75, 3.05) is 5.32 Å². The van der Waals surface area contributed by atoms with Gasteiger partial charge < -0.3 is 5.32 Å². The number of hydrogen-bond acceptors (Lipinski definition) is 3. The number of anilines is 1. The molecular formula is C12H12BrN3. The van der Waals surface area contributed by atoms with Crippen LogP contribution in [0, 0.1) is 0 Å². The third-order valence-electron chi connectivity index (χ3n) is 2.28. The Morgan fingerprint density at radius 1 is 1.12 bits per heavy atom. The minimum atomic E-state index is 0.190. The zero-order valence-electron chi connectivity index (χ0n) is 8.89. The van der Waals surface area contributed by atoms with Crippen LogP contribution in [0.5, 0.6) is 0 Å². The first-order chi connectivity index (χ1) is 7.75. The quantitative estimate of drug-likeness (QED) is 0.934. The average molecular weight is 278 g/mol. The molecule has 0 aliphatic rings. The SMILES string of the molecule is CC(Nc1ncccn1)c1ccc(Br)cc1. The molecule has 1 aromatic heterocycles. The van der Waals surface area contributed by atoms with Gasteiger partial charge in [0.2, 0.25) is 5.95 Å². The summed E-state index contributed by atoms with van der Waals surface area (Å²) in [5, 5.41) is 3.24. The molecule has 0 aliphatic heterocycles. The van der Waals surface area contributed by atoms with Crippen molar-refractivity contribution in [3.05, 3.63) is 52.8 Å². The summed E-state index contributed by atoms with van der Waals surface area (Å²) in [6, 6.07) is 10.2. The van der Waals surface area contributed by atoms with Gasteiger partial charge in [-0.25, -0.2) is 9.97 Å². The normalized spacial score (nSPS) is 12.1. The zero-order valence-corrected chi connectivity index (χ0v) is 10.5. The molecule has 1 aromatic carbocycles. The van der Waals surface area contributed by atoms with E-state index in [1.807, 2.05) is 12.1 Å². The highest BCUT2D eigenvalue weighted by Gasteiger charge is 2.05. The molecule has 0 fully saturated rings. The minimum absolute atomic E-state index is 0.190.